The van der Waals surface area contributed by atoms with E-state index in [2.05, 4.69) is 17.2 Å². The first kappa shape index (κ1) is 15.6. The van der Waals surface area contributed by atoms with Crippen molar-refractivity contribution in [3.05, 3.63) is 50.5 Å². The summed E-state index contributed by atoms with van der Waals surface area (Å²) in [4.78, 5) is 28.0. The van der Waals surface area contributed by atoms with Crippen molar-refractivity contribution in [3.63, 3.8) is 0 Å². The van der Waals surface area contributed by atoms with Gasteiger partial charge < -0.3 is 5.32 Å². The zero-order valence-corrected chi connectivity index (χ0v) is 13.6. The third-order valence-electron chi connectivity index (χ3n) is 3.94. The minimum absolute atomic E-state index is 0.0240. The number of amides is 1. The fourth-order valence-corrected chi connectivity index (χ4v) is 3.87. The molecule has 0 saturated carbocycles. The van der Waals surface area contributed by atoms with Crippen LogP contribution in [0.3, 0.4) is 0 Å². The highest BCUT2D eigenvalue weighted by molar-refractivity contribution is 7.15. The average molecular weight is 331 g/mol. The second-order valence-electron chi connectivity index (χ2n) is 5.89. The molecule has 0 aliphatic heterocycles. The predicted octanol–water partition coefficient (Wildman–Crippen LogP) is 3.36. The van der Waals surface area contributed by atoms with Crippen molar-refractivity contribution >= 4 is 28.1 Å². The van der Waals surface area contributed by atoms with Gasteiger partial charge in [0.15, 0.2) is 5.13 Å². The summed E-state index contributed by atoms with van der Waals surface area (Å²) in [5, 5.41) is 14.1. The number of aromatic nitrogens is 1. The molecule has 0 radical (unpaired) electrons. The number of thiazole rings is 1. The van der Waals surface area contributed by atoms with E-state index in [1.807, 2.05) is 0 Å². The van der Waals surface area contributed by atoms with Crippen molar-refractivity contribution in [1.82, 2.24) is 4.98 Å². The van der Waals surface area contributed by atoms with Gasteiger partial charge in [-0.15, -0.1) is 11.3 Å². The summed E-state index contributed by atoms with van der Waals surface area (Å²) in [6.45, 7) is 2.23. The van der Waals surface area contributed by atoms with Gasteiger partial charge >= 0.3 is 0 Å². The quantitative estimate of drug-likeness (QED) is 0.687. The van der Waals surface area contributed by atoms with E-state index in [1.165, 1.54) is 17.0 Å². The van der Waals surface area contributed by atoms with Gasteiger partial charge in [0.2, 0.25) is 5.91 Å². The maximum atomic E-state index is 12.1. The molecule has 2 aromatic rings. The zero-order valence-electron chi connectivity index (χ0n) is 12.7. The molecule has 23 heavy (non-hydrogen) atoms. The number of nitrogens with zero attached hydrogens (tertiary/aromatic N) is 2. The number of nitro groups is 1. The van der Waals surface area contributed by atoms with Crippen molar-refractivity contribution in [2.45, 2.75) is 32.6 Å². The van der Waals surface area contributed by atoms with Crippen LogP contribution in [0.1, 0.15) is 29.5 Å². The van der Waals surface area contributed by atoms with E-state index in [-0.39, 0.29) is 18.0 Å². The Kier molecular flexibility index (Phi) is 4.38. The van der Waals surface area contributed by atoms with E-state index >= 15 is 0 Å². The molecule has 0 unspecified atom stereocenters. The van der Waals surface area contributed by atoms with Crippen molar-refractivity contribution < 1.29 is 9.72 Å². The van der Waals surface area contributed by atoms with Crippen LogP contribution in [0.15, 0.2) is 24.3 Å². The number of carbonyl (C=O) groups excluding carboxylic acids is 1. The molecule has 0 bridgehead atoms. The Morgan fingerprint density at radius 3 is 2.87 bits per heavy atom. The highest BCUT2D eigenvalue weighted by Gasteiger charge is 2.20. The molecule has 1 atom stereocenters. The van der Waals surface area contributed by atoms with Gasteiger partial charge in [-0.2, -0.15) is 0 Å². The third kappa shape index (κ3) is 3.73. The molecule has 3 rings (SSSR count). The van der Waals surface area contributed by atoms with Gasteiger partial charge in [-0.3, -0.25) is 14.9 Å². The van der Waals surface area contributed by atoms with E-state index in [0.29, 0.717) is 11.0 Å². The van der Waals surface area contributed by atoms with Crippen LogP contribution in [-0.4, -0.2) is 15.8 Å². The van der Waals surface area contributed by atoms with Crippen molar-refractivity contribution in [1.29, 1.82) is 0 Å². The number of hydrogen-bond acceptors (Lipinski definition) is 5. The first-order valence-corrected chi connectivity index (χ1v) is 8.34. The summed E-state index contributed by atoms with van der Waals surface area (Å²) in [5.41, 5.74) is 1.87. The summed E-state index contributed by atoms with van der Waals surface area (Å²) in [6, 6.07) is 6.02. The van der Waals surface area contributed by atoms with Gasteiger partial charge in [0, 0.05) is 17.0 Å². The van der Waals surface area contributed by atoms with Crippen LogP contribution in [0, 0.1) is 16.0 Å². The molecular weight excluding hydrogens is 314 g/mol. The SMILES string of the molecule is C[C@@H]1CCc2nc(NC(=O)Cc3ccc([N+](=O)[O-])cc3)sc2C1. The summed E-state index contributed by atoms with van der Waals surface area (Å²) in [5.74, 6) is 0.518. The number of carbonyl (C=O) groups is 1. The fourth-order valence-electron chi connectivity index (χ4n) is 2.68. The number of nitrogens with one attached hydrogen (secondary N) is 1. The summed E-state index contributed by atoms with van der Waals surface area (Å²) in [7, 11) is 0. The lowest BCUT2D eigenvalue weighted by Gasteiger charge is -2.15. The molecule has 1 amide bonds. The number of rotatable bonds is 4. The van der Waals surface area contributed by atoms with Gasteiger partial charge in [0.1, 0.15) is 0 Å². The van der Waals surface area contributed by atoms with E-state index in [4.69, 9.17) is 0 Å². The molecule has 0 fully saturated rings. The van der Waals surface area contributed by atoms with Gasteiger partial charge in [0.05, 0.1) is 17.0 Å². The molecule has 0 spiro atoms. The van der Waals surface area contributed by atoms with E-state index in [9.17, 15) is 14.9 Å². The van der Waals surface area contributed by atoms with E-state index < -0.39 is 4.92 Å². The lowest BCUT2D eigenvalue weighted by molar-refractivity contribution is -0.384. The number of anilines is 1. The smallest absolute Gasteiger partial charge is 0.269 e. The Balaban J connectivity index is 1.62. The van der Waals surface area contributed by atoms with Crippen LogP contribution in [0.5, 0.6) is 0 Å². The van der Waals surface area contributed by atoms with E-state index in [1.54, 1.807) is 23.5 Å². The summed E-state index contributed by atoms with van der Waals surface area (Å²) < 4.78 is 0. The Morgan fingerprint density at radius 2 is 2.17 bits per heavy atom. The van der Waals surface area contributed by atoms with Crippen LogP contribution in [0.2, 0.25) is 0 Å². The minimum atomic E-state index is -0.453. The van der Waals surface area contributed by atoms with Crippen LogP contribution in [0.25, 0.3) is 0 Å². The Morgan fingerprint density at radius 1 is 1.43 bits per heavy atom. The Labute approximate surface area is 137 Å². The number of benzene rings is 1. The molecule has 120 valence electrons. The second kappa shape index (κ2) is 6.45. The molecule has 6 nitrogen and oxygen atoms in total. The van der Waals surface area contributed by atoms with Crippen LogP contribution in [-0.2, 0) is 24.1 Å². The minimum Gasteiger partial charge on any atom is -0.302 e. The maximum absolute atomic E-state index is 12.1. The molecule has 1 aliphatic carbocycles. The lowest BCUT2D eigenvalue weighted by Crippen LogP contribution is -2.14. The maximum Gasteiger partial charge on any atom is 0.269 e. The molecule has 7 heteroatoms. The van der Waals surface area contributed by atoms with Gasteiger partial charge in [-0.05, 0) is 30.7 Å². The molecular formula is C16H17N3O3S. The van der Waals surface area contributed by atoms with Crippen molar-refractivity contribution in [2.75, 3.05) is 5.32 Å². The van der Waals surface area contributed by atoms with Crippen LogP contribution in [0.4, 0.5) is 10.8 Å². The standard InChI is InChI=1S/C16H17N3O3S/c1-10-2-7-13-14(8-10)23-16(17-13)18-15(20)9-11-3-5-12(6-4-11)19(21)22/h3-6,10H,2,7-9H2,1H3,(H,17,18,20)/t10-/m1/s1. The largest absolute Gasteiger partial charge is 0.302 e. The van der Waals surface area contributed by atoms with Gasteiger partial charge in [-0.1, -0.05) is 19.1 Å². The first-order valence-electron chi connectivity index (χ1n) is 7.53. The number of fused-ring (bicyclic) bond motifs is 1. The number of nitro benzene ring substituents is 1. The fraction of sp³-hybridized carbons (Fsp3) is 0.375. The van der Waals surface area contributed by atoms with Crippen molar-refractivity contribution in [3.8, 4) is 0 Å². The molecule has 0 saturated heterocycles. The lowest BCUT2D eigenvalue weighted by atomic mass is 9.93. The zero-order chi connectivity index (χ0) is 16.4. The van der Waals surface area contributed by atoms with Crippen molar-refractivity contribution in [2.24, 2.45) is 5.92 Å². The highest BCUT2D eigenvalue weighted by Crippen LogP contribution is 2.32. The molecule has 1 aromatic heterocycles. The summed E-state index contributed by atoms with van der Waals surface area (Å²) in [6.07, 6.45) is 3.34. The monoisotopic (exact) mass is 331 g/mol. The number of non-ortho nitro benzene ring substituents is 1. The first-order chi connectivity index (χ1) is 11.0. The normalized spacial score (nSPS) is 16.7. The molecule has 1 N–H and O–H groups in total. The number of aryl methyl sites for hydroxylation is 1. The van der Waals surface area contributed by atoms with Crippen LogP contribution >= 0.6 is 11.3 Å². The molecule has 1 aliphatic rings. The topological polar surface area (TPSA) is 85.1 Å². The Bertz CT molecular complexity index is 740. The average Bonchev–Trinajstić information content (AvgIpc) is 2.88. The molecule has 1 heterocycles. The third-order valence-corrected chi connectivity index (χ3v) is 4.98. The van der Waals surface area contributed by atoms with Gasteiger partial charge in [0.25, 0.3) is 5.69 Å². The Hall–Kier alpha value is -2.28. The second-order valence-corrected chi connectivity index (χ2v) is 6.97. The summed E-state index contributed by atoms with van der Waals surface area (Å²) >= 11 is 1.55. The molecule has 1 aromatic carbocycles. The van der Waals surface area contributed by atoms with Crippen LogP contribution < -0.4 is 5.32 Å². The number of hydrogen-bond donors (Lipinski definition) is 1. The van der Waals surface area contributed by atoms with Gasteiger partial charge in [-0.25, -0.2) is 4.98 Å². The van der Waals surface area contributed by atoms with E-state index in [0.717, 1.165) is 30.5 Å². The predicted molar refractivity (Wildman–Crippen MR) is 88.7 cm³/mol. The highest BCUT2D eigenvalue weighted by atomic mass is 32.1.